The van der Waals surface area contributed by atoms with E-state index in [9.17, 15) is 8.42 Å². The highest BCUT2D eigenvalue weighted by atomic mass is 79.9. The van der Waals surface area contributed by atoms with Gasteiger partial charge in [0.25, 0.3) is 10.0 Å². The van der Waals surface area contributed by atoms with E-state index in [1.807, 2.05) is 0 Å². The van der Waals surface area contributed by atoms with Gasteiger partial charge < -0.3 is 5.11 Å². The molecule has 2 rings (SSSR count). The molecule has 20 heavy (non-hydrogen) atoms. The monoisotopic (exact) mass is 376 g/mol. The zero-order valence-corrected chi connectivity index (χ0v) is 13.2. The second-order valence-corrected chi connectivity index (χ2v) is 6.86. The number of pyridine rings is 1. The third kappa shape index (κ3) is 3.49. The van der Waals surface area contributed by atoms with Gasteiger partial charge in [-0.15, -0.1) is 0 Å². The topological polar surface area (TPSA) is 79.3 Å². The molecular formula is C12H10BrClN2O3S. The van der Waals surface area contributed by atoms with Crippen molar-refractivity contribution in [3.8, 4) is 0 Å². The van der Waals surface area contributed by atoms with Crippen LogP contribution in [0.5, 0.6) is 0 Å². The molecule has 0 aliphatic heterocycles. The van der Waals surface area contributed by atoms with Crippen LogP contribution in [-0.2, 0) is 16.6 Å². The lowest BCUT2D eigenvalue weighted by molar-refractivity contribution is 0.281. The molecule has 0 bridgehead atoms. The number of anilines is 1. The predicted molar refractivity (Wildman–Crippen MR) is 80.1 cm³/mol. The van der Waals surface area contributed by atoms with Gasteiger partial charge in [0.15, 0.2) is 0 Å². The van der Waals surface area contributed by atoms with Crippen LogP contribution in [0.25, 0.3) is 0 Å². The van der Waals surface area contributed by atoms with Crippen LogP contribution in [0.1, 0.15) is 5.56 Å². The van der Waals surface area contributed by atoms with Gasteiger partial charge in [0.05, 0.1) is 11.6 Å². The smallest absolute Gasteiger partial charge is 0.264 e. The van der Waals surface area contributed by atoms with Crippen LogP contribution < -0.4 is 4.72 Å². The summed E-state index contributed by atoms with van der Waals surface area (Å²) in [6.45, 7) is -0.268. The van der Waals surface area contributed by atoms with E-state index in [1.54, 1.807) is 12.1 Å². The van der Waals surface area contributed by atoms with Gasteiger partial charge in [-0.3, -0.25) is 4.72 Å². The van der Waals surface area contributed by atoms with Crippen LogP contribution in [0, 0.1) is 0 Å². The normalized spacial score (nSPS) is 11.3. The van der Waals surface area contributed by atoms with Crippen LogP contribution in [0.3, 0.4) is 0 Å². The fraction of sp³-hybridized carbons (Fsp3) is 0.0833. The minimum atomic E-state index is -3.86. The van der Waals surface area contributed by atoms with Crippen molar-refractivity contribution in [3.63, 3.8) is 0 Å². The molecule has 5 nitrogen and oxygen atoms in total. The van der Waals surface area contributed by atoms with Gasteiger partial charge in [-0.2, -0.15) is 0 Å². The first-order valence-corrected chi connectivity index (χ1v) is 8.11. The highest BCUT2D eigenvalue weighted by molar-refractivity contribution is 9.10. The fourth-order valence-electron chi connectivity index (χ4n) is 1.48. The Hall–Kier alpha value is -1.15. The molecule has 0 saturated carbocycles. The molecule has 1 heterocycles. The first-order valence-electron chi connectivity index (χ1n) is 5.46. The highest BCUT2D eigenvalue weighted by Gasteiger charge is 2.19. The average molecular weight is 378 g/mol. The summed E-state index contributed by atoms with van der Waals surface area (Å²) < 4.78 is 27.6. The molecule has 1 aromatic carbocycles. The first kappa shape index (κ1) is 15.2. The molecule has 0 radical (unpaired) electrons. The maximum absolute atomic E-state index is 12.2. The third-order valence-corrected chi connectivity index (χ3v) is 4.74. The molecule has 0 aliphatic carbocycles. The van der Waals surface area contributed by atoms with Crippen molar-refractivity contribution in [2.24, 2.45) is 0 Å². The van der Waals surface area contributed by atoms with E-state index < -0.39 is 10.0 Å². The number of aliphatic hydroxyl groups is 1. The third-order valence-electron chi connectivity index (χ3n) is 2.43. The van der Waals surface area contributed by atoms with Gasteiger partial charge in [0.1, 0.15) is 10.7 Å². The van der Waals surface area contributed by atoms with Crippen molar-refractivity contribution >= 4 is 43.4 Å². The lowest BCUT2D eigenvalue weighted by Crippen LogP contribution is -2.14. The molecule has 0 aliphatic rings. The van der Waals surface area contributed by atoms with Gasteiger partial charge in [-0.1, -0.05) is 17.7 Å². The van der Waals surface area contributed by atoms with Crippen LogP contribution in [0.4, 0.5) is 5.82 Å². The number of rotatable bonds is 4. The summed E-state index contributed by atoms with van der Waals surface area (Å²) in [5, 5.41) is 9.14. The largest absolute Gasteiger partial charge is 0.392 e. The van der Waals surface area contributed by atoms with E-state index in [0.29, 0.717) is 5.56 Å². The summed E-state index contributed by atoms with van der Waals surface area (Å²) >= 11 is 9.11. The predicted octanol–water partition coefficient (Wildman–Crippen LogP) is 2.79. The van der Waals surface area contributed by atoms with Crippen molar-refractivity contribution in [1.29, 1.82) is 0 Å². The van der Waals surface area contributed by atoms with Gasteiger partial charge >= 0.3 is 0 Å². The van der Waals surface area contributed by atoms with Gasteiger partial charge in [-0.05, 0) is 45.8 Å². The SMILES string of the molecule is O=S(=O)(Nc1ccc(Br)cn1)c1cc(CO)ccc1Cl. The Balaban J connectivity index is 2.37. The molecule has 0 fully saturated rings. The molecule has 2 aromatic rings. The average Bonchev–Trinajstić information content (AvgIpc) is 2.41. The molecule has 2 N–H and O–H groups in total. The van der Waals surface area contributed by atoms with Crippen LogP contribution in [-0.4, -0.2) is 18.5 Å². The van der Waals surface area contributed by atoms with Crippen LogP contribution in [0.2, 0.25) is 5.02 Å². The van der Waals surface area contributed by atoms with E-state index in [0.717, 1.165) is 4.47 Å². The molecule has 0 amide bonds. The number of hydrogen-bond acceptors (Lipinski definition) is 4. The second-order valence-electron chi connectivity index (χ2n) is 3.89. The van der Waals surface area contributed by atoms with Crippen LogP contribution in [0.15, 0.2) is 45.9 Å². The van der Waals surface area contributed by atoms with Gasteiger partial charge in [0, 0.05) is 10.7 Å². The Labute approximate surface area is 129 Å². The molecule has 106 valence electrons. The van der Waals surface area contributed by atoms with Crippen molar-refractivity contribution in [3.05, 3.63) is 51.6 Å². The Morgan fingerprint density at radius 1 is 1.30 bits per heavy atom. The number of halogens is 2. The summed E-state index contributed by atoms with van der Waals surface area (Å²) in [5.74, 6) is 0.179. The summed E-state index contributed by atoms with van der Waals surface area (Å²) in [6.07, 6.45) is 1.48. The Bertz CT molecular complexity index is 720. The number of sulfonamides is 1. The maximum atomic E-state index is 12.2. The zero-order chi connectivity index (χ0) is 14.8. The van der Waals surface area contributed by atoms with Gasteiger partial charge in [0.2, 0.25) is 0 Å². The lowest BCUT2D eigenvalue weighted by atomic mass is 10.2. The van der Waals surface area contributed by atoms with E-state index in [-0.39, 0.29) is 22.3 Å². The van der Waals surface area contributed by atoms with Gasteiger partial charge in [-0.25, -0.2) is 13.4 Å². The van der Waals surface area contributed by atoms with E-state index in [4.69, 9.17) is 16.7 Å². The summed E-state index contributed by atoms with van der Waals surface area (Å²) in [6, 6.07) is 7.49. The van der Waals surface area contributed by atoms with Crippen molar-refractivity contribution in [2.45, 2.75) is 11.5 Å². The Kier molecular flexibility index (Phi) is 4.64. The molecule has 0 unspecified atom stereocenters. The van der Waals surface area contributed by atoms with E-state index in [1.165, 1.54) is 24.4 Å². The van der Waals surface area contributed by atoms with E-state index >= 15 is 0 Å². The number of benzene rings is 1. The minimum absolute atomic E-state index is 0.0758. The second kappa shape index (κ2) is 6.09. The standard InChI is InChI=1S/C12H10BrClN2O3S/c13-9-2-4-12(15-6-9)16-20(18,19)11-5-8(7-17)1-3-10(11)14/h1-6,17H,7H2,(H,15,16). The van der Waals surface area contributed by atoms with Crippen LogP contribution >= 0.6 is 27.5 Å². The molecule has 8 heteroatoms. The molecule has 0 saturated heterocycles. The molecule has 0 spiro atoms. The summed E-state index contributed by atoms with van der Waals surface area (Å²) in [7, 11) is -3.86. The number of nitrogens with zero attached hydrogens (tertiary/aromatic N) is 1. The Morgan fingerprint density at radius 3 is 2.65 bits per heavy atom. The number of nitrogens with one attached hydrogen (secondary N) is 1. The number of aliphatic hydroxyl groups excluding tert-OH is 1. The molecule has 0 atom stereocenters. The van der Waals surface area contributed by atoms with Crippen molar-refractivity contribution in [1.82, 2.24) is 4.98 Å². The number of hydrogen-bond donors (Lipinski definition) is 2. The van der Waals surface area contributed by atoms with Crippen molar-refractivity contribution < 1.29 is 13.5 Å². The summed E-state index contributed by atoms with van der Waals surface area (Å²) in [5.41, 5.74) is 0.457. The molecular weight excluding hydrogens is 368 g/mol. The zero-order valence-electron chi connectivity index (χ0n) is 10.0. The quantitative estimate of drug-likeness (QED) is 0.858. The first-order chi connectivity index (χ1) is 9.42. The van der Waals surface area contributed by atoms with E-state index in [2.05, 4.69) is 25.6 Å². The molecule has 1 aromatic heterocycles. The fourth-order valence-corrected chi connectivity index (χ4v) is 3.28. The summed E-state index contributed by atoms with van der Waals surface area (Å²) in [4.78, 5) is 3.83. The highest BCUT2D eigenvalue weighted by Crippen LogP contribution is 2.24. The maximum Gasteiger partial charge on any atom is 0.264 e. The number of aromatic nitrogens is 1. The van der Waals surface area contributed by atoms with Crippen molar-refractivity contribution in [2.75, 3.05) is 4.72 Å². The minimum Gasteiger partial charge on any atom is -0.392 e. The Morgan fingerprint density at radius 2 is 2.05 bits per heavy atom. The lowest BCUT2D eigenvalue weighted by Gasteiger charge is -2.10.